The number of benzene rings is 3. The smallest absolute Gasteiger partial charge is 0.276 e. The summed E-state index contributed by atoms with van der Waals surface area (Å²) in [6.45, 7) is 0.385. The van der Waals surface area contributed by atoms with Crippen molar-refractivity contribution in [1.82, 2.24) is 24.6 Å². The van der Waals surface area contributed by atoms with Crippen LogP contribution >= 0.6 is 0 Å². The molecule has 0 spiro atoms. The topological polar surface area (TPSA) is 103 Å². The lowest BCUT2D eigenvalue weighted by Crippen LogP contribution is -2.27. The fraction of sp³-hybridized carbons (Fsp3) is 0.0741. The molecule has 9 nitrogen and oxygen atoms in total. The average Bonchev–Trinajstić information content (AvgIpc) is 3.42. The zero-order chi connectivity index (χ0) is 24.7. The van der Waals surface area contributed by atoms with Gasteiger partial charge in [0, 0.05) is 6.07 Å². The minimum atomic E-state index is -0.375. The molecule has 0 radical (unpaired) electrons. The number of hydrogen-bond acceptors (Lipinski definition) is 6. The van der Waals surface area contributed by atoms with Gasteiger partial charge in [0.25, 0.3) is 11.5 Å². The third-order valence-corrected chi connectivity index (χ3v) is 5.43. The third kappa shape index (κ3) is 5.20. The molecule has 0 saturated carbocycles. The lowest BCUT2D eigenvalue weighted by Gasteiger charge is -2.13. The van der Waals surface area contributed by atoms with Gasteiger partial charge in [-0.15, -0.1) is 0 Å². The van der Waals surface area contributed by atoms with Crippen molar-refractivity contribution < 1.29 is 9.53 Å². The van der Waals surface area contributed by atoms with Crippen LogP contribution in [0.1, 0.15) is 11.1 Å². The van der Waals surface area contributed by atoms with Crippen molar-refractivity contribution in [3.05, 3.63) is 119 Å². The van der Waals surface area contributed by atoms with E-state index in [0.717, 1.165) is 27.0 Å². The maximum Gasteiger partial charge on any atom is 0.276 e. The highest BCUT2D eigenvalue weighted by Crippen LogP contribution is 2.19. The van der Waals surface area contributed by atoms with Gasteiger partial charge in [0.2, 0.25) is 5.78 Å². The lowest BCUT2D eigenvalue weighted by molar-refractivity contribution is -0.121. The summed E-state index contributed by atoms with van der Waals surface area (Å²) in [5.74, 6) is 0.635. The van der Waals surface area contributed by atoms with E-state index in [1.54, 1.807) is 10.8 Å². The highest BCUT2D eigenvalue weighted by Gasteiger charge is 2.15. The number of nitrogens with zero attached hydrogens (tertiary/aromatic N) is 5. The minimum absolute atomic E-state index is 0.101. The summed E-state index contributed by atoms with van der Waals surface area (Å²) in [6.07, 6.45) is 2.83. The minimum Gasteiger partial charge on any atom is -0.489 e. The third-order valence-electron chi connectivity index (χ3n) is 5.43. The predicted octanol–water partition coefficient (Wildman–Crippen LogP) is 3.29. The molecule has 9 heteroatoms. The first-order valence-electron chi connectivity index (χ1n) is 11.2. The molecular weight excluding hydrogens is 456 g/mol. The van der Waals surface area contributed by atoms with E-state index in [2.05, 4.69) is 20.6 Å². The number of aromatic nitrogens is 4. The Morgan fingerprint density at radius 2 is 1.69 bits per heavy atom. The molecule has 36 heavy (non-hydrogen) atoms. The predicted molar refractivity (Wildman–Crippen MR) is 136 cm³/mol. The van der Waals surface area contributed by atoms with Crippen molar-refractivity contribution in [3.63, 3.8) is 0 Å². The quantitative estimate of drug-likeness (QED) is 0.272. The van der Waals surface area contributed by atoms with E-state index in [4.69, 9.17) is 4.74 Å². The van der Waals surface area contributed by atoms with Crippen LogP contribution in [0.3, 0.4) is 0 Å². The van der Waals surface area contributed by atoms with E-state index in [-0.39, 0.29) is 23.8 Å². The molecule has 0 saturated heterocycles. The lowest BCUT2D eigenvalue weighted by atomic mass is 10.1. The summed E-state index contributed by atoms with van der Waals surface area (Å²) >= 11 is 0. The number of carbonyl (C=O) groups excluding carboxylic acids is 1. The normalized spacial score (nSPS) is 11.1. The maximum absolute atomic E-state index is 12.7. The zero-order valence-electron chi connectivity index (χ0n) is 19.2. The van der Waals surface area contributed by atoms with Gasteiger partial charge >= 0.3 is 0 Å². The Hall–Kier alpha value is -5.05. The molecule has 0 atom stereocenters. The van der Waals surface area contributed by atoms with Crippen LogP contribution in [-0.4, -0.2) is 31.3 Å². The number of amides is 1. The van der Waals surface area contributed by atoms with Gasteiger partial charge in [0.1, 0.15) is 25.2 Å². The first-order chi connectivity index (χ1) is 17.7. The van der Waals surface area contributed by atoms with E-state index < -0.39 is 0 Å². The molecule has 0 aliphatic rings. The molecule has 0 aliphatic carbocycles. The largest absolute Gasteiger partial charge is 0.489 e. The number of hydrazone groups is 1. The van der Waals surface area contributed by atoms with E-state index in [1.807, 2.05) is 84.9 Å². The molecule has 1 N–H and O–H groups in total. The second-order valence-corrected chi connectivity index (χ2v) is 7.93. The van der Waals surface area contributed by atoms with Gasteiger partial charge in [-0.2, -0.15) is 19.7 Å². The van der Waals surface area contributed by atoms with E-state index in [0.29, 0.717) is 12.3 Å². The highest BCUT2D eigenvalue weighted by molar-refractivity contribution is 5.83. The first kappa shape index (κ1) is 22.7. The number of hydrogen-bond donors (Lipinski definition) is 1. The number of fused-ring (bicyclic) bond motifs is 1. The Balaban J connectivity index is 1.25. The molecular formula is C27H22N6O3. The van der Waals surface area contributed by atoms with Crippen molar-refractivity contribution in [2.75, 3.05) is 0 Å². The Kier molecular flexibility index (Phi) is 6.61. The molecule has 0 fully saturated rings. The van der Waals surface area contributed by atoms with Crippen LogP contribution in [0.5, 0.6) is 5.75 Å². The number of rotatable bonds is 8. The molecule has 2 aromatic heterocycles. The second-order valence-electron chi connectivity index (χ2n) is 7.93. The van der Waals surface area contributed by atoms with Gasteiger partial charge in [0.15, 0.2) is 0 Å². The van der Waals surface area contributed by atoms with Crippen LogP contribution in [0.4, 0.5) is 0 Å². The summed E-state index contributed by atoms with van der Waals surface area (Å²) in [5, 5.41) is 8.03. The molecule has 5 aromatic rings. The number of nitrogens with one attached hydrogen (secondary N) is 1. The molecule has 178 valence electrons. The van der Waals surface area contributed by atoms with Crippen molar-refractivity contribution >= 4 is 17.9 Å². The monoisotopic (exact) mass is 478 g/mol. The van der Waals surface area contributed by atoms with Gasteiger partial charge in [-0.25, -0.2) is 5.43 Å². The molecule has 3 aromatic carbocycles. The van der Waals surface area contributed by atoms with Crippen LogP contribution in [-0.2, 0) is 17.9 Å². The standard InChI is InChI=1S/C27H22N6O3/c34-25(31-29-16-20-11-13-23(14-12-20)36-18-21-7-3-1-4-8-21)17-32-24(22-9-5-2-6-10-22)15-26(35)33-27(32)28-19-30-33/h1-16,19H,17-18H2,(H,31,34)/b29-16+. The van der Waals surface area contributed by atoms with Crippen molar-refractivity contribution in [1.29, 1.82) is 0 Å². The Labute approximate surface area is 206 Å². The molecule has 0 unspecified atom stereocenters. The summed E-state index contributed by atoms with van der Waals surface area (Å²) in [4.78, 5) is 29.3. The first-order valence-corrected chi connectivity index (χ1v) is 11.2. The fourth-order valence-corrected chi connectivity index (χ4v) is 3.69. The summed E-state index contributed by atoms with van der Waals surface area (Å²) < 4.78 is 8.58. The van der Waals surface area contributed by atoms with E-state index in [9.17, 15) is 9.59 Å². The van der Waals surface area contributed by atoms with Gasteiger partial charge in [-0.1, -0.05) is 60.7 Å². The van der Waals surface area contributed by atoms with Crippen LogP contribution in [0, 0.1) is 0 Å². The van der Waals surface area contributed by atoms with Gasteiger partial charge < -0.3 is 9.30 Å². The van der Waals surface area contributed by atoms with Gasteiger partial charge in [0.05, 0.1) is 11.9 Å². The van der Waals surface area contributed by atoms with Crippen LogP contribution < -0.4 is 15.7 Å². The highest BCUT2D eigenvalue weighted by atomic mass is 16.5. The van der Waals surface area contributed by atoms with Gasteiger partial charge in [-0.05, 0) is 41.0 Å². The average molecular weight is 479 g/mol. The van der Waals surface area contributed by atoms with Crippen LogP contribution in [0.15, 0.2) is 107 Å². The summed E-state index contributed by atoms with van der Waals surface area (Å²) in [6, 6.07) is 28.1. The second kappa shape index (κ2) is 10.5. The molecule has 0 aliphatic heterocycles. The Morgan fingerprint density at radius 1 is 0.972 bits per heavy atom. The van der Waals surface area contributed by atoms with Crippen molar-refractivity contribution in [2.45, 2.75) is 13.2 Å². The maximum atomic E-state index is 12.7. The zero-order valence-corrected chi connectivity index (χ0v) is 19.2. The number of ether oxygens (including phenoxy) is 1. The Bertz CT molecular complexity index is 1560. The van der Waals surface area contributed by atoms with Crippen molar-refractivity contribution in [3.8, 4) is 17.0 Å². The van der Waals surface area contributed by atoms with E-state index >= 15 is 0 Å². The fourth-order valence-electron chi connectivity index (χ4n) is 3.69. The van der Waals surface area contributed by atoms with Crippen LogP contribution in [0.25, 0.3) is 17.0 Å². The SMILES string of the molecule is O=C(Cn1c(-c2ccccc2)cc(=O)n2ncnc12)N/N=C/c1ccc(OCc2ccccc2)cc1. The van der Waals surface area contributed by atoms with E-state index in [1.165, 1.54) is 12.4 Å². The van der Waals surface area contributed by atoms with Crippen LogP contribution in [0.2, 0.25) is 0 Å². The Morgan fingerprint density at radius 3 is 2.44 bits per heavy atom. The molecule has 0 bridgehead atoms. The van der Waals surface area contributed by atoms with Crippen molar-refractivity contribution in [2.24, 2.45) is 5.10 Å². The summed E-state index contributed by atoms with van der Waals surface area (Å²) in [7, 11) is 0. The molecule has 2 heterocycles. The summed E-state index contributed by atoms with van der Waals surface area (Å²) in [5.41, 5.74) is 5.44. The number of carbonyl (C=O) groups is 1. The molecule has 1 amide bonds. The van der Waals surface area contributed by atoms with Gasteiger partial charge in [-0.3, -0.25) is 9.59 Å². The molecule has 5 rings (SSSR count).